The third-order valence-corrected chi connectivity index (χ3v) is 4.21. The van der Waals surface area contributed by atoms with E-state index < -0.39 is 0 Å². The molecule has 2 aromatic rings. The summed E-state index contributed by atoms with van der Waals surface area (Å²) < 4.78 is 0. The molecule has 0 bridgehead atoms. The maximum Gasteiger partial charge on any atom is 0.161 e. The molecular weight excluding hydrogens is 284 g/mol. The van der Waals surface area contributed by atoms with Crippen LogP contribution in [-0.4, -0.2) is 29.1 Å². The van der Waals surface area contributed by atoms with Gasteiger partial charge >= 0.3 is 0 Å². The number of aromatic nitrogens is 2. The summed E-state index contributed by atoms with van der Waals surface area (Å²) in [4.78, 5) is 11.6. The van der Waals surface area contributed by atoms with Crippen LogP contribution < -0.4 is 10.6 Å². The van der Waals surface area contributed by atoms with E-state index >= 15 is 0 Å². The van der Waals surface area contributed by atoms with Crippen molar-refractivity contribution in [3.63, 3.8) is 0 Å². The summed E-state index contributed by atoms with van der Waals surface area (Å²) in [5, 5.41) is 0.694. The van der Waals surface area contributed by atoms with Gasteiger partial charge in [-0.15, -0.1) is 0 Å². The fraction of sp³-hybridized carbons (Fsp3) is 0.375. The Morgan fingerprint density at radius 3 is 2.76 bits per heavy atom. The Hall–Kier alpha value is -1.65. The molecule has 1 aliphatic heterocycles. The Balaban J connectivity index is 2.05. The molecular formula is C16H19ClN4. The first-order valence-electron chi connectivity index (χ1n) is 7.16. The SMILES string of the molecule is Cc1nc(-c2cccc(Cl)c2)nc(N2CCC(N)C2)c1C. The summed E-state index contributed by atoms with van der Waals surface area (Å²) in [5.74, 6) is 1.71. The van der Waals surface area contributed by atoms with E-state index in [0.717, 1.165) is 48.0 Å². The van der Waals surface area contributed by atoms with Gasteiger partial charge in [0.05, 0.1) is 0 Å². The molecule has 1 atom stereocenters. The van der Waals surface area contributed by atoms with Crippen molar-refractivity contribution in [3.8, 4) is 11.4 Å². The first-order valence-corrected chi connectivity index (χ1v) is 7.54. The predicted molar refractivity (Wildman–Crippen MR) is 86.8 cm³/mol. The molecule has 0 aliphatic carbocycles. The molecule has 0 amide bonds. The molecule has 1 unspecified atom stereocenters. The summed E-state index contributed by atoms with van der Waals surface area (Å²) in [7, 11) is 0. The third-order valence-electron chi connectivity index (χ3n) is 3.97. The zero-order valence-corrected chi connectivity index (χ0v) is 13.1. The standard InChI is InChI=1S/C16H19ClN4/c1-10-11(2)19-15(12-4-3-5-13(17)8-12)20-16(10)21-7-6-14(18)9-21/h3-5,8,14H,6-7,9,18H2,1-2H3. The number of benzene rings is 1. The normalized spacial score (nSPS) is 18.3. The van der Waals surface area contributed by atoms with Gasteiger partial charge in [0.1, 0.15) is 5.82 Å². The number of rotatable bonds is 2. The van der Waals surface area contributed by atoms with Crippen LogP contribution in [0.5, 0.6) is 0 Å². The second kappa shape index (κ2) is 5.62. The molecule has 3 rings (SSSR count). The molecule has 0 radical (unpaired) electrons. The number of anilines is 1. The van der Waals surface area contributed by atoms with Crippen molar-refractivity contribution in [1.82, 2.24) is 9.97 Å². The van der Waals surface area contributed by atoms with Gasteiger partial charge in [-0.2, -0.15) is 0 Å². The topological polar surface area (TPSA) is 55.0 Å². The minimum atomic E-state index is 0.231. The monoisotopic (exact) mass is 302 g/mol. The second-order valence-corrected chi connectivity index (χ2v) is 6.02. The van der Waals surface area contributed by atoms with E-state index in [2.05, 4.69) is 16.8 Å². The fourth-order valence-corrected chi connectivity index (χ4v) is 2.85. The lowest BCUT2D eigenvalue weighted by molar-refractivity contribution is 0.751. The number of hydrogen-bond acceptors (Lipinski definition) is 4. The Bertz CT molecular complexity index is 671. The van der Waals surface area contributed by atoms with Crippen molar-refractivity contribution in [2.45, 2.75) is 26.3 Å². The smallest absolute Gasteiger partial charge is 0.161 e. The molecule has 1 fully saturated rings. The maximum atomic E-state index is 6.07. The Labute approximate surface area is 130 Å². The number of aryl methyl sites for hydroxylation is 1. The second-order valence-electron chi connectivity index (χ2n) is 5.59. The number of nitrogens with zero attached hydrogens (tertiary/aromatic N) is 3. The average molecular weight is 303 g/mol. The van der Waals surface area contributed by atoms with Gasteiger partial charge in [0.2, 0.25) is 0 Å². The summed E-state index contributed by atoms with van der Waals surface area (Å²) in [6.07, 6.45) is 1.01. The Morgan fingerprint density at radius 1 is 1.29 bits per heavy atom. The molecule has 110 valence electrons. The number of halogens is 1. The first-order chi connectivity index (χ1) is 10.0. The Kier molecular flexibility index (Phi) is 3.83. The van der Waals surface area contributed by atoms with E-state index in [0.29, 0.717) is 5.02 Å². The van der Waals surface area contributed by atoms with Gasteiger partial charge in [0.25, 0.3) is 0 Å². The van der Waals surface area contributed by atoms with Gasteiger partial charge in [-0.1, -0.05) is 23.7 Å². The maximum absolute atomic E-state index is 6.07. The molecule has 1 aromatic carbocycles. The highest BCUT2D eigenvalue weighted by Crippen LogP contribution is 2.27. The van der Waals surface area contributed by atoms with Crippen LogP contribution in [0.15, 0.2) is 24.3 Å². The van der Waals surface area contributed by atoms with E-state index in [1.54, 1.807) is 0 Å². The van der Waals surface area contributed by atoms with Crippen LogP contribution in [0.3, 0.4) is 0 Å². The van der Waals surface area contributed by atoms with Crippen molar-refractivity contribution >= 4 is 17.4 Å². The molecule has 1 saturated heterocycles. The predicted octanol–water partition coefficient (Wildman–Crippen LogP) is 2.95. The largest absolute Gasteiger partial charge is 0.355 e. The van der Waals surface area contributed by atoms with Gasteiger partial charge in [-0.3, -0.25) is 0 Å². The van der Waals surface area contributed by atoms with Crippen LogP contribution in [0, 0.1) is 13.8 Å². The molecule has 1 aromatic heterocycles. The molecule has 0 spiro atoms. The van der Waals surface area contributed by atoms with Gasteiger partial charge < -0.3 is 10.6 Å². The van der Waals surface area contributed by atoms with Gasteiger partial charge in [0.15, 0.2) is 5.82 Å². The average Bonchev–Trinajstić information content (AvgIpc) is 2.88. The lowest BCUT2D eigenvalue weighted by atomic mass is 10.2. The molecule has 2 N–H and O–H groups in total. The lowest BCUT2D eigenvalue weighted by Crippen LogP contribution is -2.27. The van der Waals surface area contributed by atoms with Crippen molar-refractivity contribution in [2.24, 2.45) is 5.73 Å². The van der Waals surface area contributed by atoms with Crippen LogP contribution >= 0.6 is 11.6 Å². The molecule has 0 saturated carbocycles. The summed E-state index contributed by atoms with van der Waals surface area (Å²) in [6.45, 7) is 5.89. The lowest BCUT2D eigenvalue weighted by Gasteiger charge is -2.21. The number of nitrogens with two attached hydrogens (primary N) is 1. The molecule has 2 heterocycles. The molecule has 5 heteroatoms. The molecule has 21 heavy (non-hydrogen) atoms. The summed E-state index contributed by atoms with van der Waals surface area (Å²) in [5.41, 5.74) is 9.07. The van der Waals surface area contributed by atoms with E-state index in [4.69, 9.17) is 22.3 Å². The van der Waals surface area contributed by atoms with Crippen LogP contribution in [-0.2, 0) is 0 Å². The fourth-order valence-electron chi connectivity index (χ4n) is 2.66. The zero-order valence-electron chi connectivity index (χ0n) is 12.3. The van der Waals surface area contributed by atoms with E-state index in [1.807, 2.05) is 31.2 Å². The minimum absolute atomic E-state index is 0.231. The van der Waals surface area contributed by atoms with Crippen molar-refractivity contribution in [1.29, 1.82) is 0 Å². The zero-order chi connectivity index (χ0) is 15.0. The van der Waals surface area contributed by atoms with Gasteiger partial charge in [0, 0.05) is 41.0 Å². The minimum Gasteiger partial charge on any atom is -0.355 e. The van der Waals surface area contributed by atoms with Crippen LogP contribution in [0.2, 0.25) is 5.02 Å². The van der Waals surface area contributed by atoms with Crippen LogP contribution in [0.25, 0.3) is 11.4 Å². The van der Waals surface area contributed by atoms with E-state index in [-0.39, 0.29) is 6.04 Å². The van der Waals surface area contributed by atoms with Crippen LogP contribution in [0.4, 0.5) is 5.82 Å². The first kappa shape index (κ1) is 14.3. The van der Waals surface area contributed by atoms with Gasteiger partial charge in [-0.25, -0.2) is 9.97 Å². The van der Waals surface area contributed by atoms with Crippen molar-refractivity contribution < 1.29 is 0 Å². The van der Waals surface area contributed by atoms with Crippen LogP contribution in [0.1, 0.15) is 17.7 Å². The highest BCUT2D eigenvalue weighted by molar-refractivity contribution is 6.30. The Morgan fingerprint density at radius 2 is 2.10 bits per heavy atom. The highest BCUT2D eigenvalue weighted by atomic mass is 35.5. The van der Waals surface area contributed by atoms with Crippen molar-refractivity contribution in [2.75, 3.05) is 18.0 Å². The quantitative estimate of drug-likeness (QED) is 0.926. The van der Waals surface area contributed by atoms with E-state index in [1.165, 1.54) is 0 Å². The highest BCUT2D eigenvalue weighted by Gasteiger charge is 2.23. The third kappa shape index (κ3) is 2.87. The molecule has 4 nitrogen and oxygen atoms in total. The van der Waals surface area contributed by atoms with Gasteiger partial charge in [-0.05, 0) is 32.4 Å². The van der Waals surface area contributed by atoms with Crippen molar-refractivity contribution in [3.05, 3.63) is 40.5 Å². The molecule has 1 aliphatic rings. The summed E-state index contributed by atoms with van der Waals surface area (Å²) in [6, 6.07) is 7.88. The van der Waals surface area contributed by atoms with E-state index in [9.17, 15) is 0 Å². The number of hydrogen-bond donors (Lipinski definition) is 1. The summed E-state index contributed by atoms with van der Waals surface area (Å²) >= 11 is 6.07.